The van der Waals surface area contributed by atoms with E-state index in [0.29, 0.717) is 33.4 Å². The highest BCUT2D eigenvalue weighted by Gasteiger charge is 2.39. The van der Waals surface area contributed by atoms with Crippen LogP contribution in [0.1, 0.15) is 66.1 Å². The minimum atomic E-state index is -0.365. The molecule has 0 fully saturated rings. The quantitative estimate of drug-likeness (QED) is 0.210. The number of hydrogen-bond donors (Lipinski definition) is 1. The van der Waals surface area contributed by atoms with Gasteiger partial charge in [-0.2, -0.15) is 0 Å². The number of allylic oxidation sites excluding steroid dienone is 1. The third kappa shape index (κ3) is 4.19. The number of carbonyl (C=O) groups excluding carboxylic acids is 2. The van der Waals surface area contributed by atoms with Crippen LogP contribution in [-0.2, 0) is 25.8 Å². The third-order valence-electron chi connectivity index (χ3n) is 9.85. The summed E-state index contributed by atoms with van der Waals surface area (Å²) in [5, 5.41) is 20.5. The first kappa shape index (κ1) is 27.5. The molecule has 5 aromatic carbocycles. The van der Waals surface area contributed by atoms with Crippen molar-refractivity contribution in [3.05, 3.63) is 147 Å². The smallest absolute Gasteiger partial charge is 0.262 e. The van der Waals surface area contributed by atoms with E-state index in [1.807, 2.05) is 43.3 Å². The average Bonchev–Trinajstić information content (AvgIpc) is 3.64. The normalized spacial score (nSPS) is 14.9. The van der Waals surface area contributed by atoms with Gasteiger partial charge in [0.05, 0.1) is 17.7 Å². The van der Waals surface area contributed by atoms with E-state index >= 15 is 0 Å². The van der Waals surface area contributed by atoms with Gasteiger partial charge < -0.3 is 5.11 Å². The van der Waals surface area contributed by atoms with Crippen LogP contribution in [0.5, 0.6) is 5.75 Å². The molecule has 0 atom stereocenters. The van der Waals surface area contributed by atoms with Crippen molar-refractivity contribution in [2.45, 2.75) is 39.2 Å². The number of benzene rings is 5. The van der Waals surface area contributed by atoms with Crippen LogP contribution in [0.25, 0.3) is 33.4 Å². The molecule has 0 radical (unpaired) electrons. The summed E-state index contributed by atoms with van der Waals surface area (Å²) in [6.07, 6.45) is 6.04. The van der Waals surface area contributed by atoms with Crippen LogP contribution in [0.4, 0.5) is 0 Å². The second-order valence-corrected chi connectivity index (χ2v) is 12.6. The van der Waals surface area contributed by atoms with E-state index in [1.54, 1.807) is 18.2 Å². The zero-order chi connectivity index (χ0) is 31.8. The first-order chi connectivity index (χ1) is 23.0. The zero-order valence-corrected chi connectivity index (χ0v) is 25.8. The Hall–Kier alpha value is -5.82. The van der Waals surface area contributed by atoms with Crippen molar-refractivity contribution in [2.24, 2.45) is 0 Å². The number of aryl methyl sites for hydroxylation is 2. The summed E-state index contributed by atoms with van der Waals surface area (Å²) >= 11 is 0. The van der Waals surface area contributed by atoms with Crippen molar-refractivity contribution in [1.29, 1.82) is 0 Å². The van der Waals surface area contributed by atoms with Gasteiger partial charge in [0.1, 0.15) is 22.5 Å². The van der Waals surface area contributed by atoms with Gasteiger partial charge in [-0.05, 0) is 107 Å². The van der Waals surface area contributed by atoms with Gasteiger partial charge in [0.2, 0.25) is 0 Å². The van der Waals surface area contributed by atoms with E-state index in [4.69, 9.17) is 0 Å². The molecule has 1 aromatic heterocycles. The molecule has 7 heteroatoms. The number of phenolic OH excluding ortho intramolecular Hbond substituents is 1. The van der Waals surface area contributed by atoms with Crippen LogP contribution < -0.4 is 0 Å². The van der Waals surface area contributed by atoms with Crippen LogP contribution in [0.15, 0.2) is 97.1 Å². The van der Waals surface area contributed by atoms with Gasteiger partial charge in [-0.3, -0.25) is 14.5 Å². The molecule has 9 rings (SSSR count). The summed E-state index contributed by atoms with van der Waals surface area (Å²) in [6.45, 7) is 1.83. The molecule has 2 amide bonds. The van der Waals surface area contributed by atoms with E-state index < -0.39 is 0 Å². The Morgan fingerprint density at radius 1 is 0.702 bits per heavy atom. The molecule has 228 valence electrons. The lowest BCUT2D eigenvalue weighted by molar-refractivity contribution is 0.0641. The highest BCUT2D eigenvalue weighted by Crippen LogP contribution is 2.43. The van der Waals surface area contributed by atoms with Crippen LogP contribution in [0.2, 0.25) is 0 Å². The molecule has 3 aliphatic rings. The van der Waals surface area contributed by atoms with Gasteiger partial charge in [0, 0.05) is 5.56 Å². The number of imide groups is 1. The van der Waals surface area contributed by atoms with E-state index in [9.17, 15) is 14.7 Å². The third-order valence-corrected chi connectivity index (χ3v) is 9.85. The first-order valence-electron chi connectivity index (χ1n) is 16.0. The standard InChI is InChI=1S/C40H30N4O3/c1-23-20-25(38(45)36(21-23)44-41-34-14-4-5-15-35(34)42-44)22-43-39(46)33-13-7-12-32(37(33)40(43)47)28-11-6-10-27-30-17-16-24-8-2-3-9-26(24)29(30)18-19-31(27)28/h2-5,7-9,11-15,18-21,45H,6,10,16-17,22H2,1H3. The van der Waals surface area contributed by atoms with E-state index in [0.717, 1.165) is 47.9 Å². The Morgan fingerprint density at radius 2 is 1.40 bits per heavy atom. The van der Waals surface area contributed by atoms with Gasteiger partial charge in [0.25, 0.3) is 11.8 Å². The van der Waals surface area contributed by atoms with Crippen LogP contribution >= 0.6 is 0 Å². The predicted octanol–water partition coefficient (Wildman–Crippen LogP) is 7.37. The Balaban J connectivity index is 1.08. The van der Waals surface area contributed by atoms with Crippen molar-refractivity contribution in [2.75, 3.05) is 0 Å². The van der Waals surface area contributed by atoms with Crippen molar-refractivity contribution in [1.82, 2.24) is 19.9 Å². The van der Waals surface area contributed by atoms with Crippen molar-refractivity contribution in [3.8, 4) is 22.6 Å². The topological polar surface area (TPSA) is 88.3 Å². The number of fused-ring (bicyclic) bond motifs is 7. The number of aromatic nitrogens is 3. The second-order valence-electron chi connectivity index (χ2n) is 12.6. The van der Waals surface area contributed by atoms with Crippen LogP contribution in [0, 0.1) is 6.92 Å². The maximum absolute atomic E-state index is 14.2. The SMILES string of the molecule is Cc1cc(CN2C(=O)c3cccc(C4=CCCc5c4ccc4c5CCc5ccccc5-4)c3C2=O)c(O)c(-n2nc3ccccc3n2)c1. The number of rotatable bonds is 4. The summed E-state index contributed by atoms with van der Waals surface area (Å²) < 4.78 is 0. The molecule has 6 aromatic rings. The molecule has 1 N–H and O–H groups in total. The van der Waals surface area contributed by atoms with Gasteiger partial charge in [-0.25, -0.2) is 0 Å². The van der Waals surface area contributed by atoms with Gasteiger partial charge in [0.15, 0.2) is 0 Å². The lowest BCUT2D eigenvalue weighted by Crippen LogP contribution is -2.29. The highest BCUT2D eigenvalue weighted by atomic mass is 16.3. The summed E-state index contributed by atoms with van der Waals surface area (Å²) in [5.41, 5.74) is 13.6. The average molecular weight is 615 g/mol. The molecule has 0 saturated carbocycles. The molecule has 2 heterocycles. The monoisotopic (exact) mass is 614 g/mol. The van der Waals surface area contributed by atoms with E-state index in [1.165, 1.54) is 37.5 Å². The van der Waals surface area contributed by atoms with Gasteiger partial charge in [-0.15, -0.1) is 15.0 Å². The first-order valence-corrected chi connectivity index (χ1v) is 16.0. The summed E-state index contributed by atoms with van der Waals surface area (Å²) in [6, 6.07) is 29.7. The fourth-order valence-electron chi connectivity index (χ4n) is 7.70. The summed E-state index contributed by atoms with van der Waals surface area (Å²) in [7, 11) is 0. The van der Waals surface area contributed by atoms with Gasteiger partial charge in [-0.1, -0.05) is 72.8 Å². The number of aromatic hydroxyl groups is 1. The van der Waals surface area contributed by atoms with Crippen molar-refractivity contribution in [3.63, 3.8) is 0 Å². The number of carbonyl (C=O) groups is 2. The lowest BCUT2D eigenvalue weighted by Gasteiger charge is -2.28. The number of hydrogen-bond acceptors (Lipinski definition) is 5. The molecule has 47 heavy (non-hydrogen) atoms. The summed E-state index contributed by atoms with van der Waals surface area (Å²) in [4.78, 5) is 30.7. The number of phenols is 1. The largest absolute Gasteiger partial charge is 0.505 e. The molecule has 0 spiro atoms. The van der Waals surface area contributed by atoms with Crippen molar-refractivity contribution < 1.29 is 14.7 Å². The molecule has 0 saturated heterocycles. The maximum Gasteiger partial charge on any atom is 0.262 e. The number of nitrogens with zero attached hydrogens (tertiary/aromatic N) is 4. The Bertz CT molecular complexity index is 2330. The fraction of sp³-hybridized carbons (Fsp3) is 0.150. The minimum absolute atomic E-state index is 0.0667. The molecule has 1 aliphatic heterocycles. The lowest BCUT2D eigenvalue weighted by atomic mass is 9.76. The van der Waals surface area contributed by atoms with Crippen LogP contribution in [-0.4, -0.2) is 36.8 Å². The summed E-state index contributed by atoms with van der Waals surface area (Å²) in [5.74, 6) is -0.787. The van der Waals surface area contributed by atoms with E-state index in [2.05, 4.69) is 52.7 Å². The second kappa shape index (κ2) is 10.4. The van der Waals surface area contributed by atoms with Crippen molar-refractivity contribution >= 4 is 28.4 Å². The Morgan fingerprint density at radius 3 is 2.23 bits per heavy atom. The predicted molar refractivity (Wildman–Crippen MR) is 181 cm³/mol. The minimum Gasteiger partial charge on any atom is -0.505 e. The van der Waals surface area contributed by atoms with Gasteiger partial charge >= 0.3 is 0 Å². The van der Waals surface area contributed by atoms with Crippen LogP contribution in [0.3, 0.4) is 0 Å². The molecular weight excluding hydrogens is 584 g/mol. The molecule has 2 aliphatic carbocycles. The molecule has 7 nitrogen and oxygen atoms in total. The molecule has 0 unspecified atom stereocenters. The molecule has 0 bridgehead atoms. The highest BCUT2D eigenvalue weighted by molar-refractivity contribution is 6.23. The fourth-order valence-corrected chi connectivity index (χ4v) is 7.70. The Labute approximate surface area is 271 Å². The Kier molecular flexibility index (Phi) is 6.06. The maximum atomic E-state index is 14.2. The molecular formula is C40H30N4O3. The zero-order valence-electron chi connectivity index (χ0n) is 25.8. The van der Waals surface area contributed by atoms with E-state index in [-0.39, 0.29) is 24.1 Å². The number of amides is 2.